The number of alkyl halides is 3. The van der Waals surface area contributed by atoms with Gasteiger partial charge in [0.05, 0.1) is 11.3 Å². The molecular formula is C12H11F3N4. The summed E-state index contributed by atoms with van der Waals surface area (Å²) >= 11 is 0. The summed E-state index contributed by atoms with van der Waals surface area (Å²) in [7, 11) is 0. The first-order chi connectivity index (χ1) is 8.97. The number of anilines is 1. The minimum Gasteiger partial charge on any atom is -0.382 e. The van der Waals surface area contributed by atoms with Gasteiger partial charge in [-0.1, -0.05) is 11.3 Å². The number of hydrogen-bond acceptors (Lipinski definition) is 3. The average Bonchev–Trinajstić information content (AvgIpc) is 3.12. The number of nitrogen functional groups attached to an aromatic ring is 1. The topological polar surface area (TPSA) is 56.7 Å². The maximum absolute atomic E-state index is 12.7. The highest BCUT2D eigenvalue weighted by Gasteiger charge is 2.32. The van der Waals surface area contributed by atoms with E-state index in [2.05, 4.69) is 10.3 Å². The Hall–Kier alpha value is -2.05. The van der Waals surface area contributed by atoms with Gasteiger partial charge in [-0.2, -0.15) is 17.9 Å². The van der Waals surface area contributed by atoms with Crippen molar-refractivity contribution in [2.45, 2.75) is 24.9 Å². The Morgan fingerprint density at radius 1 is 1.26 bits per heavy atom. The molecule has 1 fully saturated rings. The van der Waals surface area contributed by atoms with Crippen molar-refractivity contribution < 1.29 is 13.2 Å². The van der Waals surface area contributed by atoms with Gasteiger partial charge in [0.2, 0.25) is 0 Å². The second-order valence-electron chi connectivity index (χ2n) is 4.59. The molecule has 4 nitrogen and oxygen atoms in total. The lowest BCUT2D eigenvalue weighted by Gasteiger charge is -2.09. The van der Waals surface area contributed by atoms with Crippen molar-refractivity contribution in [3.05, 3.63) is 35.5 Å². The van der Waals surface area contributed by atoms with Gasteiger partial charge >= 0.3 is 6.18 Å². The van der Waals surface area contributed by atoms with Crippen LogP contribution < -0.4 is 5.73 Å². The van der Waals surface area contributed by atoms with Gasteiger partial charge in [-0.05, 0) is 31.0 Å². The molecule has 0 bridgehead atoms. The highest BCUT2D eigenvalue weighted by Crippen LogP contribution is 2.41. The van der Waals surface area contributed by atoms with Crippen LogP contribution in [0.15, 0.2) is 24.3 Å². The largest absolute Gasteiger partial charge is 0.416 e. The first-order valence-corrected chi connectivity index (χ1v) is 5.85. The normalized spacial score (nSPS) is 15.7. The highest BCUT2D eigenvalue weighted by molar-refractivity contribution is 5.47. The molecule has 1 aliphatic carbocycles. The minimum absolute atomic E-state index is 0.270. The van der Waals surface area contributed by atoms with Gasteiger partial charge in [-0.3, -0.25) is 0 Å². The molecule has 1 aromatic carbocycles. The Labute approximate surface area is 107 Å². The first-order valence-electron chi connectivity index (χ1n) is 5.85. The van der Waals surface area contributed by atoms with Crippen LogP contribution in [0.1, 0.15) is 30.0 Å². The van der Waals surface area contributed by atoms with Crippen molar-refractivity contribution in [3.8, 4) is 5.69 Å². The van der Waals surface area contributed by atoms with Crippen molar-refractivity contribution in [1.82, 2.24) is 15.0 Å². The fourth-order valence-corrected chi connectivity index (χ4v) is 1.95. The fraction of sp³-hybridized carbons (Fsp3) is 0.333. The molecule has 3 rings (SSSR count). The molecule has 0 atom stereocenters. The molecule has 0 aliphatic heterocycles. The van der Waals surface area contributed by atoms with E-state index >= 15 is 0 Å². The van der Waals surface area contributed by atoms with Crippen LogP contribution in [0.25, 0.3) is 5.69 Å². The summed E-state index contributed by atoms with van der Waals surface area (Å²) in [5, 5.41) is 7.80. The first kappa shape index (κ1) is 12.0. The van der Waals surface area contributed by atoms with Crippen LogP contribution in [0.3, 0.4) is 0 Å². The minimum atomic E-state index is -4.38. The summed E-state index contributed by atoms with van der Waals surface area (Å²) in [5.74, 6) is 0.626. The lowest BCUT2D eigenvalue weighted by Crippen LogP contribution is -2.08. The third-order valence-electron chi connectivity index (χ3n) is 3.11. The summed E-state index contributed by atoms with van der Waals surface area (Å²) in [6.07, 6.45) is -2.37. The summed E-state index contributed by atoms with van der Waals surface area (Å²) in [6.45, 7) is 0. The number of rotatable bonds is 2. The monoisotopic (exact) mass is 268 g/mol. The predicted molar refractivity (Wildman–Crippen MR) is 62.7 cm³/mol. The lowest BCUT2D eigenvalue weighted by molar-refractivity contribution is -0.137. The number of halogens is 3. The van der Waals surface area contributed by atoms with Crippen LogP contribution in [0.2, 0.25) is 0 Å². The Kier molecular flexibility index (Phi) is 2.51. The number of benzene rings is 1. The zero-order chi connectivity index (χ0) is 13.6. The van der Waals surface area contributed by atoms with E-state index in [9.17, 15) is 13.2 Å². The maximum Gasteiger partial charge on any atom is 0.416 e. The summed E-state index contributed by atoms with van der Waals surface area (Å²) in [6, 6.07) is 4.88. The Bertz CT molecular complexity index is 614. The molecule has 0 unspecified atom stereocenters. The molecule has 19 heavy (non-hydrogen) atoms. The SMILES string of the molecule is Nc1c(C2CC2)nnn1-c1cccc(C(F)(F)F)c1. The van der Waals surface area contributed by atoms with Gasteiger partial charge in [-0.25, -0.2) is 0 Å². The quantitative estimate of drug-likeness (QED) is 0.911. The second-order valence-corrected chi connectivity index (χ2v) is 4.59. The van der Waals surface area contributed by atoms with Crippen LogP contribution >= 0.6 is 0 Å². The maximum atomic E-state index is 12.7. The molecule has 0 amide bonds. The summed E-state index contributed by atoms with van der Waals surface area (Å²) < 4.78 is 39.2. The van der Waals surface area contributed by atoms with E-state index in [0.717, 1.165) is 25.0 Å². The Morgan fingerprint density at radius 3 is 2.63 bits per heavy atom. The van der Waals surface area contributed by atoms with Gasteiger partial charge in [0.15, 0.2) is 5.82 Å². The average molecular weight is 268 g/mol. The second kappa shape index (κ2) is 3.97. The number of aromatic nitrogens is 3. The van der Waals surface area contributed by atoms with Crippen LogP contribution in [0, 0.1) is 0 Å². The Morgan fingerprint density at radius 2 is 2.00 bits per heavy atom. The summed E-state index contributed by atoms with van der Waals surface area (Å²) in [4.78, 5) is 0. The molecule has 1 aromatic heterocycles. The molecule has 1 aliphatic rings. The van der Waals surface area contributed by atoms with Crippen LogP contribution in [0.4, 0.5) is 19.0 Å². The fourth-order valence-electron chi connectivity index (χ4n) is 1.95. The van der Waals surface area contributed by atoms with E-state index in [1.54, 1.807) is 0 Å². The molecule has 1 saturated carbocycles. The number of nitrogens with two attached hydrogens (primary N) is 1. The molecule has 0 radical (unpaired) electrons. The van der Waals surface area contributed by atoms with E-state index < -0.39 is 11.7 Å². The molecule has 1 heterocycles. The summed E-state index contributed by atoms with van der Waals surface area (Å²) in [5.41, 5.74) is 6.11. The van der Waals surface area contributed by atoms with Gasteiger partial charge in [-0.15, -0.1) is 5.10 Å². The molecular weight excluding hydrogens is 257 g/mol. The smallest absolute Gasteiger partial charge is 0.382 e. The lowest BCUT2D eigenvalue weighted by atomic mass is 10.2. The molecule has 2 aromatic rings. The zero-order valence-electron chi connectivity index (χ0n) is 9.85. The van der Waals surface area contributed by atoms with E-state index in [-0.39, 0.29) is 5.69 Å². The van der Waals surface area contributed by atoms with E-state index in [1.807, 2.05) is 0 Å². The molecule has 7 heteroatoms. The predicted octanol–water partition coefficient (Wildman–Crippen LogP) is 2.75. The third-order valence-corrected chi connectivity index (χ3v) is 3.11. The van der Waals surface area contributed by atoms with Gasteiger partial charge in [0.25, 0.3) is 0 Å². The zero-order valence-corrected chi connectivity index (χ0v) is 9.85. The van der Waals surface area contributed by atoms with Crippen molar-refractivity contribution >= 4 is 5.82 Å². The van der Waals surface area contributed by atoms with E-state index in [4.69, 9.17) is 5.73 Å². The third kappa shape index (κ3) is 2.16. The van der Waals surface area contributed by atoms with E-state index in [1.165, 1.54) is 16.8 Å². The van der Waals surface area contributed by atoms with Gasteiger partial charge in [0.1, 0.15) is 5.69 Å². The van der Waals surface area contributed by atoms with Crippen LogP contribution in [0.5, 0.6) is 0 Å². The van der Waals surface area contributed by atoms with Gasteiger partial charge in [0, 0.05) is 5.92 Å². The van der Waals surface area contributed by atoms with Crippen molar-refractivity contribution in [2.24, 2.45) is 0 Å². The molecule has 2 N–H and O–H groups in total. The van der Waals surface area contributed by atoms with Crippen molar-refractivity contribution in [3.63, 3.8) is 0 Å². The van der Waals surface area contributed by atoms with Crippen LogP contribution in [-0.2, 0) is 6.18 Å². The standard InChI is InChI=1S/C12H11F3N4/c13-12(14,15)8-2-1-3-9(6-8)19-11(16)10(17-18-19)7-4-5-7/h1-3,6-7H,4-5,16H2. The van der Waals surface area contributed by atoms with Gasteiger partial charge < -0.3 is 5.73 Å². The number of hydrogen-bond donors (Lipinski definition) is 1. The van der Waals surface area contributed by atoms with Crippen molar-refractivity contribution in [1.29, 1.82) is 0 Å². The van der Waals surface area contributed by atoms with Crippen LogP contribution in [-0.4, -0.2) is 15.0 Å². The Balaban J connectivity index is 2.02. The molecule has 100 valence electrons. The molecule has 0 saturated heterocycles. The van der Waals surface area contributed by atoms with E-state index in [0.29, 0.717) is 17.4 Å². The molecule has 0 spiro atoms. The number of nitrogens with zero attached hydrogens (tertiary/aromatic N) is 3. The highest BCUT2D eigenvalue weighted by atomic mass is 19.4. The van der Waals surface area contributed by atoms with Crippen molar-refractivity contribution in [2.75, 3.05) is 5.73 Å².